The molecule has 0 nitrogen and oxygen atoms in total. The number of fused-ring (bicyclic) bond motifs is 6. The molecule has 7 aromatic rings. The zero-order valence-corrected chi connectivity index (χ0v) is 22.1. The lowest BCUT2D eigenvalue weighted by Crippen LogP contribution is -1.90. The fraction of sp³-hybridized carbons (Fsp3) is 0.0270. The topological polar surface area (TPSA) is 0 Å². The highest BCUT2D eigenvalue weighted by Crippen LogP contribution is 2.41. The Morgan fingerprint density at radius 1 is 0.553 bits per heavy atom. The van der Waals surface area contributed by atoms with Gasteiger partial charge in [-0.05, 0) is 80.0 Å². The first-order valence-electron chi connectivity index (χ1n) is 13.0. The highest BCUT2D eigenvalue weighted by molar-refractivity contribution is 7.26. The summed E-state index contributed by atoms with van der Waals surface area (Å²) in [6.07, 6.45) is 6.33. The second-order valence-corrected chi connectivity index (χ2v) is 10.8. The smallest absolute Gasteiger partial charge is 0.0433 e. The van der Waals surface area contributed by atoms with Crippen LogP contribution >= 0.6 is 11.3 Å². The van der Waals surface area contributed by atoms with E-state index in [4.69, 9.17) is 0 Å². The van der Waals surface area contributed by atoms with E-state index >= 15 is 0 Å². The van der Waals surface area contributed by atoms with Gasteiger partial charge in [0.15, 0.2) is 0 Å². The second-order valence-electron chi connectivity index (χ2n) is 9.70. The minimum absolute atomic E-state index is 1.19. The van der Waals surface area contributed by atoms with Crippen LogP contribution in [0.2, 0.25) is 0 Å². The molecule has 0 aliphatic heterocycles. The third kappa shape index (κ3) is 3.51. The van der Waals surface area contributed by atoms with E-state index in [1.807, 2.05) is 17.4 Å². The van der Waals surface area contributed by atoms with Gasteiger partial charge in [-0.3, -0.25) is 0 Å². The van der Waals surface area contributed by atoms with Crippen LogP contribution in [0.25, 0.3) is 76.1 Å². The van der Waals surface area contributed by atoms with E-state index in [1.165, 1.54) is 75.1 Å². The average molecular weight is 503 g/mol. The van der Waals surface area contributed by atoms with E-state index < -0.39 is 0 Å². The Morgan fingerprint density at radius 3 is 2.08 bits per heavy atom. The number of allylic oxidation sites excluding steroid dienone is 1. The van der Waals surface area contributed by atoms with Crippen LogP contribution in [-0.2, 0) is 0 Å². The largest absolute Gasteiger partial charge is 0.135 e. The summed E-state index contributed by atoms with van der Waals surface area (Å²) >= 11 is 1.88. The second kappa shape index (κ2) is 9.13. The van der Waals surface area contributed by atoms with Gasteiger partial charge in [0.1, 0.15) is 0 Å². The summed E-state index contributed by atoms with van der Waals surface area (Å²) in [4.78, 5) is 0. The fourth-order valence-electron chi connectivity index (χ4n) is 5.83. The summed E-state index contributed by atoms with van der Waals surface area (Å²) in [5.74, 6) is 0. The molecule has 38 heavy (non-hydrogen) atoms. The quantitative estimate of drug-likeness (QED) is 0.210. The minimum atomic E-state index is 1.19. The van der Waals surface area contributed by atoms with Crippen molar-refractivity contribution in [2.75, 3.05) is 0 Å². The average Bonchev–Trinajstić information content (AvgIpc) is 3.36. The van der Waals surface area contributed by atoms with Gasteiger partial charge in [-0.1, -0.05) is 116 Å². The molecule has 7 rings (SSSR count). The molecule has 0 atom stereocenters. The highest BCUT2D eigenvalue weighted by atomic mass is 32.1. The first-order chi connectivity index (χ1) is 18.8. The molecule has 0 aliphatic rings. The molecule has 0 amide bonds. The molecule has 6 aromatic carbocycles. The van der Waals surface area contributed by atoms with E-state index in [0.29, 0.717) is 0 Å². The molecular weight excluding hydrogens is 476 g/mol. The maximum atomic E-state index is 4.20. The summed E-state index contributed by atoms with van der Waals surface area (Å²) in [6.45, 7) is 6.28. The molecule has 0 saturated heterocycles. The van der Waals surface area contributed by atoms with Crippen LogP contribution in [-0.4, -0.2) is 0 Å². The Morgan fingerprint density at radius 2 is 1.24 bits per heavy atom. The lowest BCUT2D eigenvalue weighted by Gasteiger charge is -2.15. The number of rotatable bonds is 4. The van der Waals surface area contributed by atoms with Crippen molar-refractivity contribution in [3.05, 3.63) is 133 Å². The lowest BCUT2D eigenvalue weighted by atomic mass is 9.89. The molecule has 0 spiro atoms. The molecular formula is C37H26S. The molecule has 0 saturated carbocycles. The van der Waals surface area contributed by atoms with Gasteiger partial charge in [-0.25, -0.2) is 0 Å². The summed E-state index contributed by atoms with van der Waals surface area (Å²) in [7, 11) is 0. The Bertz CT molecular complexity index is 2050. The van der Waals surface area contributed by atoms with Crippen LogP contribution in [0.5, 0.6) is 0 Å². The molecule has 1 aromatic heterocycles. The molecule has 0 unspecified atom stereocenters. The highest BCUT2D eigenvalue weighted by Gasteiger charge is 2.13. The fourth-order valence-corrected chi connectivity index (χ4v) is 7.07. The van der Waals surface area contributed by atoms with Gasteiger partial charge < -0.3 is 0 Å². The molecule has 0 fully saturated rings. The van der Waals surface area contributed by atoms with Crippen molar-refractivity contribution in [1.82, 2.24) is 0 Å². The van der Waals surface area contributed by atoms with Crippen LogP contribution in [0.1, 0.15) is 18.1 Å². The van der Waals surface area contributed by atoms with E-state index in [0.717, 1.165) is 0 Å². The Hall–Kier alpha value is -4.46. The standard InChI is InChI=1S/C37H26S/c1-3-11-29-27(4-2)35-23-25(20-21-32(35)31-15-6-5-14-30(29)31)24-12-9-13-26(22-24)28-17-10-18-34-33-16-7-8-19-36(33)38-37(28)34/h3-23H,2H2,1H3/b11-3-. The van der Waals surface area contributed by atoms with Crippen molar-refractivity contribution in [2.45, 2.75) is 6.92 Å². The van der Waals surface area contributed by atoms with Gasteiger partial charge in [-0.15, -0.1) is 11.3 Å². The summed E-state index contributed by atoms with van der Waals surface area (Å²) in [5.41, 5.74) is 7.39. The van der Waals surface area contributed by atoms with E-state index in [2.05, 4.69) is 135 Å². The van der Waals surface area contributed by atoms with Gasteiger partial charge in [0, 0.05) is 20.2 Å². The van der Waals surface area contributed by atoms with Crippen molar-refractivity contribution in [1.29, 1.82) is 0 Å². The van der Waals surface area contributed by atoms with Crippen LogP contribution in [0, 0.1) is 0 Å². The molecule has 180 valence electrons. The monoisotopic (exact) mass is 502 g/mol. The zero-order chi connectivity index (χ0) is 25.6. The van der Waals surface area contributed by atoms with Crippen LogP contribution in [0.15, 0.2) is 122 Å². The molecule has 1 heterocycles. The normalized spacial score (nSPS) is 11.8. The predicted octanol–water partition coefficient (Wildman–Crippen LogP) is 11.4. The van der Waals surface area contributed by atoms with Crippen molar-refractivity contribution in [2.24, 2.45) is 0 Å². The third-order valence-corrected chi connectivity index (χ3v) is 8.78. The molecule has 0 aliphatic carbocycles. The number of benzene rings is 6. The van der Waals surface area contributed by atoms with Gasteiger partial charge in [-0.2, -0.15) is 0 Å². The van der Waals surface area contributed by atoms with Crippen molar-refractivity contribution in [3.8, 4) is 22.3 Å². The SMILES string of the molecule is C=Cc1c(/C=C\C)c2ccccc2c2ccc(-c3cccc(-c4cccc5c4sc4ccccc45)c3)cc12. The van der Waals surface area contributed by atoms with E-state index in [9.17, 15) is 0 Å². The first kappa shape index (κ1) is 22.7. The maximum absolute atomic E-state index is 4.20. The Kier molecular flexibility index (Phi) is 5.46. The van der Waals surface area contributed by atoms with Gasteiger partial charge in [0.05, 0.1) is 0 Å². The lowest BCUT2D eigenvalue weighted by molar-refractivity contribution is 1.62. The van der Waals surface area contributed by atoms with Gasteiger partial charge >= 0.3 is 0 Å². The summed E-state index contributed by atoms with van der Waals surface area (Å²) in [5, 5.41) is 7.71. The number of thiophene rings is 1. The predicted molar refractivity (Wildman–Crippen MR) is 170 cm³/mol. The number of hydrogen-bond donors (Lipinski definition) is 0. The van der Waals surface area contributed by atoms with Crippen molar-refractivity contribution < 1.29 is 0 Å². The number of hydrogen-bond acceptors (Lipinski definition) is 1. The van der Waals surface area contributed by atoms with Gasteiger partial charge in [0.25, 0.3) is 0 Å². The minimum Gasteiger partial charge on any atom is -0.135 e. The van der Waals surface area contributed by atoms with Crippen LogP contribution in [0.3, 0.4) is 0 Å². The molecule has 0 N–H and O–H groups in total. The maximum Gasteiger partial charge on any atom is 0.0433 e. The third-order valence-electron chi connectivity index (χ3n) is 7.56. The van der Waals surface area contributed by atoms with E-state index in [-0.39, 0.29) is 0 Å². The van der Waals surface area contributed by atoms with Crippen LogP contribution < -0.4 is 0 Å². The summed E-state index contributed by atoms with van der Waals surface area (Å²) < 4.78 is 2.68. The Labute approximate surface area is 226 Å². The molecule has 1 heteroatoms. The van der Waals surface area contributed by atoms with Crippen LogP contribution in [0.4, 0.5) is 0 Å². The van der Waals surface area contributed by atoms with Crippen molar-refractivity contribution in [3.63, 3.8) is 0 Å². The first-order valence-corrected chi connectivity index (χ1v) is 13.8. The molecule has 0 bridgehead atoms. The van der Waals surface area contributed by atoms with E-state index in [1.54, 1.807) is 0 Å². The zero-order valence-electron chi connectivity index (χ0n) is 21.2. The van der Waals surface area contributed by atoms with Gasteiger partial charge in [0.2, 0.25) is 0 Å². The molecule has 0 radical (unpaired) electrons. The Balaban J connectivity index is 1.43. The van der Waals surface area contributed by atoms with Crippen molar-refractivity contribution >= 4 is 65.2 Å². The summed E-state index contributed by atoms with van der Waals surface area (Å²) in [6, 6.07) is 39.9.